The minimum Gasteiger partial charge on any atom is -0.351 e. The van der Waals surface area contributed by atoms with Crippen LogP contribution in [0.5, 0.6) is 0 Å². The fraction of sp³-hybridized carbons (Fsp3) is 0.857. The van der Waals surface area contributed by atoms with Crippen LogP contribution < -0.4 is 5.73 Å². The molecule has 1 atom stereocenters. The van der Waals surface area contributed by atoms with Crippen molar-refractivity contribution in [3.63, 3.8) is 0 Å². The summed E-state index contributed by atoms with van der Waals surface area (Å²) in [7, 11) is 0. The molecule has 18 heavy (non-hydrogen) atoms. The van der Waals surface area contributed by atoms with Crippen molar-refractivity contribution in [3.05, 3.63) is 0 Å². The minimum absolute atomic E-state index is 0.266. The van der Waals surface area contributed by atoms with E-state index in [1.165, 1.54) is 19.3 Å². The molecule has 0 spiro atoms. The third-order valence-electron chi connectivity index (χ3n) is 3.77. The van der Waals surface area contributed by atoms with Crippen molar-refractivity contribution in [3.8, 4) is 0 Å². The second-order valence-corrected chi connectivity index (χ2v) is 5.28. The van der Waals surface area contributed by atoms with Crippen LogP contribution in [0.25, 0.3) is 0 Å². The number of likely N-dealkylation sites (tertiary alicyclic amines) is 1. The van der Waals surface area contributed by atoms with Crippen LogP contribution in [0.4, 0.5) is 4.79 Å². The maximum Gasteiger partial charge on any atom is 0.315 e. The number of urea groups is 1. The monoisotopic (exact) mass is 253 g/mol. The Bertz CT molecular complexity index is 278. The summed E-state index contributed by atoms with van der Waals surface area (Å²) in [5, 5.41) is 7.92. The van der Waals surface area contributed by atoms with E-state index in [4.69, 9.17) is 11.1 Å². The van der Waals surface area contributed by atoms with E-state index in [0.29, 0.717) is 0 Å². The molecule has 0 aliphatic carbocycles. The second-order valence-electron chi connectivity index (χ2n) is 5.28. The Labute approximate surface area is 110 Å². The number of nitrogens with two attached hydrogens (primary N) is 1. The van der Waals surface area contributed by atoms with E-state index < -0.39 is 0 Å². The van der Waals surface area contributed by atoms with Gasteiger partial charge in [-0.25, -0.2) is 4.79 Å². The van der Waals surface area contributed by atoms with Crippen molar-refractivity contribution < 1.29 is 4.79 Å². The fourth-order valence-corrected chi connectivity index (χ4v) is 2.65. The lowest BCUT2D eigenvalue weighted by molar-refractivity contribution is 0.155. The summed E-state index contributed by atoms with van der Waals surface area (Å²) in [5.74, 6) is 0. The van der Waals surface area contributed by atoms with E-state index in [2.05, 4.69) is 6.92 Å². The Kier molecular flexibility index (Phi) is 6.76. The molecule has 4 nitrogen and oxygen atoms in total. The lowest BCUT2D eigenvalue weighted by Gasteiger charge is -2.34. The Hall–Kier alpha value is -1.06. The van der Waals surface area contributed by atoms with Gasteiger partial charge in [-0.2, -0.15) is 0 Å². The summed E-state index contributed by atoms with van der Waals surface area (Å²) in [5.41, 5.74) is 6.23. The molecule has 0 bridgehead atoms. The molecule has 0 saturated carbocycles. The van der Waals surface area contributed by atoms with Gasteiger partial charge in [0.15, 0.2) is 0 Å². The number of carbonyl (C=O) groups is 1. The molecule has 1 heterocycles. The number of carbonyl (C=O) groups excluding carboxylic acids is 1. The van der Waals surface area contributed by atoms with Crippen LogP contribution >= 0.6 is 0 Å². The Morgan fingerprint density at radius 3 is 2.78 bits per heavy atom. The molecule has 0 aromatic carbocycles. The van der Waals surface area contributed by atoms with Crippen LogP contribution in [-0.2, 0) is 0 Å². The largest absolute Gasteiger partial charge is 0.351 e. The SMILES string of the molecule is CCCCCC(=N)CCC1CCCCN1C(N)=O. The summed E-state index contributed by atoms with van der Waals surface area (Å²) in [6.07, 6.45) is 9.46. The highest BCUT2D eigenvalue weighted by atomic mass is 16.2. The maximum atomic E-state index is 11.3. The van der Waals surface area contributed by atoms with Crippen LogP contribution in [0.3, 0.4) is 0 Å². The van der Waals surface area contributed by atoms with Crippen molar-refractivity contribution in [2.75, 3.05) is 6.54 Å². The lowest BCUT2D eigenvalue weighted by Crippen LogP contribution is -2.46. The molecule has 1 aliphatic rings. The normalized spacial score (nSPS) is 19.8. The Morgan fingerprint density at radius 1 is 1.33 bits per heavy atom. The van der Waals surface area contributed by atoms with E-state index in [0.717, 1.165) is 50.8 Å². The molecule has 0 aromatic heterocycles. The maximum absolute atomic E-state index is 11.3. The Morgan fingerprint density at radius 2 is 2.11 bits per heavy atom. The van der Waals surface area contributed by atoms with Crippen LogP contribution in [-0.4, -0.2) is 29.2 Å². The molecule has 1 rings (SSSR count). The summed E-state index contributed by atoms with van der Waals surface area (Å²) < 4.78 is 0. The standard InChI is InChI=1S/C14H27N3O/c1-2-3-4-7-12(15)9-10-13-8-5-6-11-17(13)14(16)18/h13,15H,2-11H2,1H3,(H2,16,18). The first kappa shape index (κ1) is 15.0. The van der Waals surface area contributed by atoms with Crippen LogP contribution in [0.2, 0.25) is 0 Å². The van der Waals surface area contributed by atoms with Crippen LogP contribution in [0, 0.1) is 5.41 Å². The van der Waals surface area contributed by atoms with E-state index in [-0.39, 0.29) is 12.1 Å². The van der Waals surface area contributed by atoms with Crippen molar-refractivity contribution in [1.82, 2.24) is 4.90 Å². The van der Waals surface area contributed by atoms with Crippen LogP contribution in [0.15, 0.2) is 0 Å². The number of primary amides is 1. The molecule has 1 aliphatic heterocycles. The van der Waals surface area contributed by atoms with E-state index in [1.807, 2.05) is 0 Å². The fourth-order valence-electron chi connectivity index (χ4n) is 2.65. The number of hydrogen-bond acceptors (Lipinski definition) is 2. The summed E-state index contributed by atoms with van der Waals surface area (Å²) in [4.78, 5) is 13.1. The smallest absolute Gasteiger partial charge is 0.315 e. The first-order valence-electron chi connectivity index (χ1n) is 7.27. The zero-order valence-corrected chi connectivity index (χ0v) is 11.6. The molecule has 2 amide bonds. The minimum atomic E-state index is -0.294. The number of rotatable bonds is 7. The quantitative estimate of drug-likeness (QED) is 0.530. The highest BCUT2D eigenvalue weighted by Crippen LogP contribution is 2.21. The molecular weight excluding hydrogens is 226 g/mol. The third-order valence-corrected chi connectivity index (χ3v) is 3.77. The van der Waals surface area contributed by atoms with Gasteiger partial charge in [0.05, 0.1) is 0 Å². The topological polar surface area (TPSA) is 70.2 Å². The molecule has 3 N–H and O–H groups in total. The van der Waals surface area contributed by atoms with Crippen molar-refractivity contribution in [2.45, 2.75) is 70.8 Å². The van der Waals surface area contributed by atoms with Gasteiger partial charge in [0.25, 0.3) is 0 Å². The predicted molar refractivity (Wildman–Crippen MR) is 75.0 cm³/mol. The van der Waals surface area contributed by atoms with Crippen LogP contribution in [0.1, 0.15) is 64.7 Å². The summed E-state index contributed by atoms with van der Waals surface area (Å²) in [6.45, 7) is 2.97. The predicted octanol–water partition coefficient (Wildman–Crippen LogP) is 3.30. The molecule has 1 unspecified atom stereocenters. The number of unbranched alkanes of at least 4 members (excludes halogenated alkanes) is 2. The van der Waals surface area contributed by atoms with Gasteiger partial charge in [-0.3, -0.25) is 0 Å². The first-order chi connectivity index (χ1) is 8.65. The molecule has 1 fully saturated rings. The van der Waals surface area contributed by atoms with Gasteiger partial charge in [0.1, 0.15) is 0 Å². The van der Waals surface area contributed by atoms with E-state index in [1.54, 1.807) is 4.90 Å². The van der Waals surface area contributed by atoms with Gasteiger partial charge in [0.2, 0.25) is 0 Å². The molecular formula is C14H27N3O. The van der Waals surface area contributed by atoms with Crippen molar-refractivity contribution in [1.29, 1.82) is 5.41 Å². The average molecular weight is 253 g/mol. The number of nitrogens with zero attached hydrogens (tertiary/aromatic N) is 1. The highest BCUT2D eigenvalue weighted by molar-refractivity contribution is 5.81. The van der Waals surface area contributed by atoms with E-state index in [9.17, 15) is 4.79 Å². The zero-order valence-electron chi connectivity index (χ0n) is 11.6. The Balaban J connectivity index is 2.27. The van der Waals surface area contributed by atoms with Gasteiger partial charge in [-0.15, -0.1) is 0 Å². The second kappa shape index (κ2) is 8.11. The summed E-state index contributed by atoms with van der Waals surface area (Å²) >= 11 is 0. The zero-order chi connectivity index (χ0) is 13.4. The van der Waals surface area contributed by atoms with Gasteiger partial charge >= 0.3 is 6.03 Å². The summed E-state index contributed by atoms with van der Waals surface area (Å²) in [6, 6.07) is -0.0278. The first-order valence-corrected chi connectivity index (χ1v) is 7.27. The molecule has 0 aromatic rings. The van der Waals surface area contributed by atoms with Gasteiger partial charge in [0, 0.05) is 18.3 Å². The van der Waals surface area contributed by atoms with Crippen molar-refractivity contribution >= 4 is 11.7 Å². The number of amides is 2. The lowest BCUT2D eigenvalue weighted by atomic mass is 9.96. The van der Waals surface area contributed by atoms with Gasteiger partial charge in [-0.1, -0.05) is 19.8 Å². The number of nitrogens with one attached hydrogen (secondary N) is 1. The van der Waals surface area contributed by atoms with Gasteiger partial charge < -0.3 is 16.0 Å². The highest BCUT2D eigenvalue weighted by Gasteiger charge is 2.24. The van der Waals surface area contributed by atoms with Crippen molar-refractivity contribution in [2.24, 2.45) is 5.73 Å². The van der Waals surface area contributed by atoms with Gasteiger partial charge in [-0.05, 0) is 44.9 Å². The molecule has 0 radical (unpaired) electrons. The number of piperidine rings is 1. The number of hydrogen-bond donors (Lipinski definition) is 2. The average Bonchev–Trinajstić information content (AvgIpc) is 2.37. The molecule has 1 saturated heterocycles. The molecule has 104 valence electrons. The third kappa shape index (κ3) is 5.07. The molecule has 4 heteroatoms. The van der Waals surface area contributed by atoms with E-state index >= 15 is 0 Å².